The highest BCUT2D eigenvalue weighted by molar-refractivity contribution is 5.76. The summed E-state index contributed by atoms with van der Waals surface area (Å²) in [6, 6.07) is 1.73. The minimum absolute atomic E-state index is 0.0539. The molecule has 0 aliphatic rings. The molecule has 84 valence electrons. The monoisotopic (exact) mass is 219 g/mol. The van der Waals surface area contributed by atoms with E-state index >= 15 is 0 Å². The van der Waals surface area contributed by atoms with Gasteiger partial charge in [-0.2, -0.15) is 10.2 Å². The highest BCUT2D eigenvalue weighted by atomic mass is 16.2. The van der Waals surface area contributed by atoms with Gasteiger partial charge < -0.3 is 5.32 Å². The summed E-state index contributed by atoms with van der Waals surface area (Å²) in [6.45, 7) is 2.14. The molecule has 0 bridgehead atoms. The number of aromatic nitrogens is 4. The van der Waals surface area contributed by atoms with Crippen LogP contribution in [-0.4, -0.2) is 25.9 Å². The smallest absolute Gasteiger partial charge is 0.242 e. The Kier molecular flexibility index (Phi) is 3.00. The average molecular weight is 219 g/mol. The van der Waals surface area contributed by atoms with Gasteiger partial charge in [0.2, 0.25) is 5.91 Å². The molecule has 0 aliphatic heterocycles. The summed E-state index contributed by atoms with van der Waals surface area (Å²) in [5, 5.41) is 13.4. The normalized spacial score (nSPS) is 12.3. The number of H-pyrrole nitrogens is 1. The van der Waals surface area contributed by atoms with Crippen molar-refractivity contribution in [3.63, 3.8) is 0 Å². The highest BCUT2D eigenvalue weighted by Crippen LogP contribution is 2.08. The molecule has 0 spiro atoms. The first-order chi connectivity index (χ1) is 7.75. The maximum absolute atomic E-state index is 11.6. The van der Waals surface area contributed by atoms with Gasteiger partial charge in [-0.15, -0.1) is 0 Å². The third-order valence-electron chi connectivity index (χ3n) is 2.26. The van der Waals surface area contributed by atoms with Crippen LogP contribution in [0.25, 0.3) is 0 Å². The molecule has 2 heterocycles. The van der Waals surface area contributed by atoms with Gasteiger partial charge in [-0.05, 0) is 13.0 Å². The van der Waals surface area contributed by atoms with Crippen LogP contribution in [0, 0.1) is 0 Å². The molecule has 0 radical (unpaired) electrons. The zero-order valence-electron chi connectivity index (χ0n) is 8.92. The van der Waals surface area contributed by atoms with E-state index < -0.39 is 0 Å². The van der Waals surface area contributed by atoms with Crippen LogP contribution in [0.15, 0.2) is 30.9 Å². The predicted molar refractivity (Wildman–Crippen MR) is 57.4 cm³/mol. The van der Waals surface area contributed by atoms with Crippen molar-refractivity contribution in [3.05, 3.63) is 36.4 Å². The van der Waals surface area contributed by atoms with Gasteiger partial charge in [0.15, 0.2) is 0 Å². The van der Waals surface area contributed by atoms with Gasteiger partial charge in [0, 0.05) is 24.2 Å². The Morgan fingerprint density at radius 3 is 3.19 bits per heavy atom. The summed E-state index contributed by atoms with van der Waals surface area (Å²) in [4.78, 5) is 11.6. The lowest BCUT2D eigenvalue weighted by atomic mass is 10.2. The molecule has 0 aliphatic carbocycles. The van der Waals surface area contributed by atoms with E-state index in [4.69, 9.17) is 0 Å². The van der Waals surface area contributed by atoms with Gasteiger partial charge >= 0.3 is 0 Å². The molecular formula is C10H13N5O. The zero-order chi connectivity index (χ0) is 11.4. The first-order valence-electron chi connectivity index (χ1n) is 5.01. The molecule has 6 heteroatoms. The van der Waals surface area contributed by atoms with E-state index in [1.807, 2.05) is 6.92 Å². The Morgan fingerprint density at radius 1 is 1.69 bits per heavy atom. The summed E-state index contributed by atoms with van der Waals surface area (Å²) < 4.78 is 1.58. The number of nitrogens with one attached hydrogen (secondary N) is 2. The molecule has 0 fully saturated rings. The summed E-state index contributed by atoms with van der Waals surface area (Å²) in [5.41, 5.74) is 0.953. The quantitative estimate of drug-likeness (QED) is 0.785. The van der Waals surface area contributed by atoms with Crippen molar-refractivity contribution in [2.75, 3.05) is 0 Å². The van der Waals surface area contributed by atoms with Crippen LogP contribution in [-0.2, 0) is 11.3 Å². The second kappa shape index (κ2) is 4.61. The van der Waals surface area contributed by atoms with Crippen LogP contribution >= 0.6 is 0 Å². The first kappa shape index (κ1) is 10.4. The molecule has 16 heavy (non-hydrogen) atoms. The molecule has 2 aromatic heterocycles. The first-order valence-corrected chi connectivity index (χ1v) is 5.01. The van der Waals surface area contributed by atoms with Gasteiger partial charge in [-0.25, -0.2) is 0 Å². The molecule has 1 amide bonds. The molecule has 2 rings (SSSR count). The van der Waals surface area contributed by atoms with Crippen LogP contribution in [0.4, 0.5) is 0 Å². The van der Waals surface area contributed by atoms with Gasteiger partial charge in [0.25, 0.3) is 0 Å². The van der Waals surface area contributed by atoms with Gasteiger partial charge in [0.05, 0.1) is 12.2 Å². The number of hydrogen-bond acceptors (Lipinski definition) is 3. The number of carbonyl (C=O) groups is 1. The van der Waals surface area contributed by atoms with Crippen molar-refractivity contribution in [3.8, 4) is 0 Å². The lowest BCUT2D eigenvalue weighted by Gasteiger charge is -2.11. The number of carbonyl (C=O) groups excluding carboxylic acids is 1. The second-order valence-electron chi connectivity index (χ2n) is 3.52. The molecule has 6 nitrogen and oxygen atoms in total. The Labute approximate surface area is 92.7 Å². The van der Waals surface area contributed by atoms with E-state index in [1.165, 1.54) is 0 Å². The maximum Gasteiger partial charge on any atom is 0.242 e. The van der Waals surface area contributed by atoms with E-state index in [2.05, 4.69) is 20.6 Å². The lowest BCUT2D eigenvalue weighted by Crippen LogP contribution is -2.30. The van der Waals surface area contributed by atoms with Crippen molar-refractivity contribution >= 4 is 5.91 Å². The van der Waals surface area contributed by atoms with E-state index in [0.717, 1.165) is 5.56 Å². The Morgan fingerprint density at radius 2 is 2.56 bits per heavy atom. The second-order valence-corrected chi connectivity index (χ2v) is 3.52. The highest BCUT2D eigenvalue weighted by Gasteiger charge is 2.10. The number of aromatic amines is 1. The van der Waals surface area contributed by atoms with Crippen molar-refractivity contribution < 1.29 is 4.79 Å². The predicted octanol–water partition coefficient (Wildman–Crippen LogP) is 0.484. The lowest BCUT2D eigenvalue weighted by molar-refractivity contribution is -0.122. The molecule has 0 saturated heterocycles. The van der Waals surface area contributed by atoms with Crippen molar-refractivity contribution in [1.29, 1.82) is 0 Å². The zero-order valence-corrected chi connectivity index (χ0v) is 8.92. The summed E-state index contributed by atoms with van der Waals surface area (Å²) in [7, 11) is 0. The molecule has 1 atom stereocenters. The maximum atomic E-state index is 11.6. The fourth-order valence-corrected chi connectivity index (χ4v) is 1.41. The Bertz CT molecular complexity index is 434. The van der Waals surface area contributed by atoms with Crippen LogP contribution in [0.3, 0.4) is 0 Å². The topological polar surface area (TPSA) is 75.6 Å². The Balaban J connectivity index is 1.88. The van der Waals surface area contributed by atoms with E-state index in [1.54, 1.807) is 35.5 Å². The average Bonchev–Trinajstić information content (AvgIpc) is 2.88. The molecular weight excluding hydrogens is 206 g/mol. The summed E-state index contributed by atoms with van der Waals surface area (Å²) in [6.07, 6.45) is 6.85. The third kappa shape index (κ3) is 2.47. The molecule has 2 aromatic rings. The van der Waals surface area contributed by atoms with Crippen molar-refractivity contribution in [1.82, 2.24) is 25.3 Å². The molecule has 2 N–H and O–H groups in total. The van der Waals surface area contributed by atoms with E-state index in [-0.39, 0.29) is 18.5 Å². The minimum Gasteiger partial charge on any atom is -0.348 e. The minimum atomic E-state index is -0.0719. The number of nitrogens with zero attached hydrogens (tertiary/aromatic N) is 3. The molecule has 0 saturated carbocycles. The molecule has 0 aromatic carbocycles. The number of hydrogen-bond donors (Lipinski definition) is 2. The summed E-state index contributed by atoms with van der Waals surface area (Å²) in [5.74, 6) is -0.0719. The van der Waals surface area contributed by atoms with Crippen molar-refractivity contribution in [2.24, 2.45) is 0 Å². The number of rotatable bonds is 4. The number of amides is 1. The van der Waals surface area contributed by atoms with E-state index in [9.17, 15) is 4.79 Å². The van der Waals surface area contributed by atoms with Crippen molar-refractivity contribution in [2.45, 2.75) is 19.5 Å². The van der Waals surface area contributed by atoms with Crippen LogP contribution in [0.1, 0.15) is 18.5 Å². The summed E-state index contributed by atoms with van der Waals surface area (Å²) >= 11 is 0. The van der Waals surface area contributed by atoms with Crippen LogP contribution in [0.5, 0.6) is 0 Å². The standard InChI is InChI=1S/C10H13N5O/c1-8(9-5-11-12-6-9)14-10(16)7-15-4-2-3-13-15/h2-6,8H,7H2,1H3,(H,11,12)(H,14,16). The largest absolute Gasteiger partial charge is 0.348 e. The third-order valence-corrected chi connectivity index (χ3v) is 2.26. The van der Waals surface area contributed by atoms with Crippen LogP contribution in [0.2, 0.25) is 0 Å². The van der Waals surface area contributed by atoms with Gasteiger partial charge in [0.1, 0.15) is 6.54 Å². The Hall–Kier alpha value is -2.11. The fourth-order valence-electron chi connectivity index (χ4n) is 1.41. The van der Waals surface area contributed by atoms with Crippen LogP contribution < -0.4 is 5.32 Å². The fraction of sp³-hybridized carbons (Fsp3) is 0.300. The van der Waals surface area contributed by atoms with Gasteiger partial charge in [-0.1, -0.05) is 0 Å². The SMILES string of the molecule is CC(NC(=O)Cn1cccn1)c1cn[nH]c1. The van der Waals surface area contributed by atoms with Gasteiger partial charge in [-0.3, -0.25) is 14.6 Å². The molecule has 1 unspecified atom stereocenters. The van der Waals surface area contributed by atoms with E-state index in [0.29, 0.717) is 0 Å².